The molecule has 1 amide bonds. The number of aliphatic hydroxyl groups excluding tert-OH is 1. The molecule has 5 nitrogen and oxygen atoms in total. The van der Waals surface area contributed by atoms with Crippen molar-refractivity contribution in [3.8, 4) is 5.75 Å². The molecule has 29 heavy (non-hydrogen) atoms. The van der Waals surface area contributed by atoms with Gasteiger partial charge in [-0.1, -0.05) is 48.0 Å². The lowest BCUT2D eigenvalue weighted by Gasteiger charge is -2.14. The Bertz CT molecular complexity index is 772. The van der Waals surface area contributed by atoms with Crippen molar-refractivity contribution in [1.82, 2.24) is 5.32 Å². The Morgan fingerprint density at radius 3 is 2.97 bits per heavy atom. The molecule has 1 aromatic rings. The Balaban J connectivity index is 1.76. The zero-order chi connectivity index (χ0) is 21.1. The van der Waals surface area contributed by atoms with Crippen molar-refractivity contribution in [1.29, 1.82) is 0 Å². The highest BCUT2D eigenvalue weighted by Gasteiger charge is 2.27. The second kappa shape index (κ2) is 12.2. The lowest BCUT2D eigenvalue weighted by molar-refractivity contribution is -0.120. The lowest BCUT2D eigenvalue weighted by atomic mass is 9.90. The second-order valence-electron chi connectivity index (χ2n) is 6.94. The maximum atomic E-state index is 12.1. The maximum absolute atomic E-state index is 12.1. The summed E-state index contributed by atoms with van der Waals surface area (Å²) in [5, 5.41) is 13.3. The molecule has 0 fully saturated rings. The average Bonchev–Trinajstić information content (AvgIpc) is 3.06. The van der Waals surface area contributed by atoms with Gasteiger partial charge in [0.05, 0.1) is 0 Å². The van der Waals surface area contributed by atoms with Crippen molar-refractivity contribution < 1.29 is 19.4 Å². The van der Waals surface area contributed by atoms with E-state index in [1.54, 1.807) is 43.5 Å². The normalized spacial score (nSPS) is 19.9. The van der Waals surface area contributed by atoms with Gasteiger partial charge in [0, 0.05) is 30.3 Å². The van der Waals surface area contributed by atoms with E-state index >= 15 is 0 Å². The molecule has 0 saturated heterocycles. The maximum Gasteiger partial charge on any atom is 0.219 e. The Morgan fingerprint density at radius 2 is 2.21 bits per heavy atom. The molecule has 156 valence electrons. The molecular weight excluding hydrogens is 390 g/mol. The van der Waals surface area contributed by atoms with E-state index in [0.29, 0.717) is 23.6 Å². The van der Waals surface area contributed by atoms with Gasteiger partial charge in [-0.25, -0.2) is 0 Å². The fourth-order valence-electron chi connectivity index (χ4n) is 3.04. The van der Waals surface area contributed by atoms with E-state index in [-0.39, 0.29) is 30.1 Å². The summed E-state index contributed by atoms with van der Waals surface area (Å²) in [4.78, 5) is 23.3. The first kappa shape index (κ1) is 22.9. The molecule has 2 rings (SSSR count). The van der Waals surface area contributed by atoms with Crippen LogP contribution in [-0.2, 0) is 9.59 Å². The van der Waals surface area contributed by atoms with E-state index in [9.17, 15) is 14.7 Å². The number of rotatable bonds is 11. The van der Waals surface area contributed by atoms with Crippen molar-refractivity contribution in [2.24, 2.45) is 11.8 Å². The molecule has 0 saturated carbocycles. The number of carbonyl (C=O) groups excluding carboxylic acids is 2. The quantitative estimate of drug-likeness (QED) is 0.423. The standard InChI is InChI=1S/C23H28ClNO4/c1-25-23(28)10-5-3-2-4-9-21-17(12-14-22(21)27)11-13-19(26)16-29-20-8-6-7-18(24)15-20/h2,4,6-8,11-15,17,19,21,26H,3,5,9-10,16H2,1H3,(H,25,28)/t17-,19+,21+/m0/s1. The number of hydrogen-bond donors (Lipinski definition) is 2. The molecule has 0 unspecified atom stereocenters. The molecule has 1 aliphatic rings. The van der Waals surface area contributed by atoms with Gasteiger partial charge in [-0.15, -0.1) is 0 Å². The molecule has 1 aromatic carbocycles. The number of ether oxygens (including phenoxy) is 1. The van der Waals surface area contributed by atoms with Crippen LogP contribution >= 0.6 is 11.6 Å². The van der Waals surface area contributed by atoms with Crippen LogP contribution in [0.3, 0.4) is 0 Å². The number of hydrogen-bond acceptors (Lipinski definition) is 4. The number of benzene rings is 1. The first-order valence-electron chi connectivity index (χ1n) is 9.82. The van der Waals surface area contributed by atoms with Crippen molar-refractivity contribution in [2.75, 3.05) is 13.7 Å². The summed E-state index contributed by atoms with van der Waals surface area (Å²) in [6, 6.07) is 7.00. The van der Waals surface area contributed by atoms with Crippen LogP contribution in [0.4, 0.5) is 0 Å². The van der Waals surface area contributed by atoms with Crippen molar-refractivity contribution in [2.45, 2.75) is 31.8 Å². The Kier molecular flexibility index (Phi) is 9.68. The predicted octanol–water partition coefficient (Wildman–Crippen LogP) is 3.87. The summed E-state index contributed by atoms with van der Waals surface area (Å²) in [7, 11) is 1.63. The third kappa shape index (κ3) is 8.26. The average molecular weight is 418 g/mol. The van der Waals surface area contributed by atoms with Gasteiger partial charge < -0.3 is 15.2 Å². The number of ketones is 1. The summed E-state index contributed by atoms with van der Waals surface area (Å²) in [5.74, 6) is 0.539. The van der Waals surface area contributed by atoms with Crippen LogP contribution in [0.25, 0.3) is 0 Å². The minimum absolute atomic E-state index is 0.0386. The van der Waals surface area contributed by atoms with Gasteiger partial charge in [0.25, 0.3) is 0 Å². The number of allylic oxidation sites excluding steroid dienone is 5. The smallest absolute Gasteiger partial charge is 0.219 e. The van der Waals surface area contributed by atoms with E-state index < -0.39 is 6.10 Å². The molecule has 3 atom stereocenters. The predicted molar refractivity (Wildman–Crippen MR) is 115 cm³/mol. The SMILES string of the molecule is CNC(=O)CCCC=CC[C@H]1C(=O)C=C[C@@H]1C=C[C@@H](O)COc1cccc(Cl)c1. The summed E-state index contributed by atoms with van der Waals surface area (Å²) >= 11 is 5.91. The van der Waals surface area contributed by atoms with Crippen LogP contribution < -0.4 is 10.1 Å². The van der Waals surface area contributed by atoms with Crippen LogP contribution in [0, 0.1) is 11.8 Å². The van der Waals surface area contributed by atoms with Crippen molar-refractivity contribution in [3.63, 3.8) is 0 Å². The fraction of sp³-hybridized carbons (Fsp3) is 0.391. The van der Waals surface area contributed by atoms with E-state index in [0.717, 1.165) is 12.8 Å². The van der Waals surface area contributed by atoms with Gasteiger partial charge in [-0.05, 0) is 43.5 Å². The molecule has 0 radical (unpaired) electrons. The Hall–Kier alpha value is -2.37. The van der Waals surface area contributed by atoms with Gasteiger partial charge in [-0.2, -0.15) is 0 Å². The fourth-order valence-corrected chi connectivity index (χ4v) is 3.22. The molecule has 2 N–H and O–H groups in total. The van der Waals surface area contributed by atoms with Crippen LogP contribution in [0.1, 0.15) is 25.7 Å². The van der Waals surface area contributed by atoms with E-state index in [1.807, 2.05) is 24.3 Å². The molecule has 0 aromatic heterocycles. The van der Waals surface area contributed by atoms with Crippen LogP contribution in [0.5, 0.6) is 5.75 Å². The molecule has 0 bridgehead atoms. The number of amides is 1. The zero-order valence-electron chi connectivity index (χ0n) is 16.6. The highest BCUT2D eigenvalue weighted by Crippen LogP contribution is 2.27. The Labute approximate surface area is 177 Å². The molecule has 0 spiro atoms. The minimum atomic E-state index is -0.779. The molecule has 0 aliphatic heterocycles. The van der Waals surface area contributed by atoms with Gasteiger partial charge >= 0.3 is 0 Å². The van der Waals surface area contributed by atoms with Crippen LogP contribution in [-0.4, -0.2) is 36.6 Å². The summed E-state index contributed by atoms with van der Waals surface area (Å²) < 4.78 is 5.53. The third-order valence-corrected chi connectivity index (χ3v) is 4.93. The second-order valence-corrected chi connectivity index (χ2v) is 7.37. The van der Waals surface area contributed by atoms with E-state index in [2.05, 4.69) is 5.32 Å². The largest absolute Gasteiger partial charge is 0.491 e. The number of halogens is 1. The highest BCUT2D eigenvalue weighted by atomic mass is 35.5. The highest BCUT2D eigenvalue weighted by molar-refractivity contribution is 6.30. The number of unbranched alkanes of at least 4 members (excludes halogenated alkanes) is 1. The number of nitrogens with one attached hydrogen (secondary N) is 1. The van der Waals surface area contributed by atoms with Crippen LogP contribution in [0.15, 0.2) is 60.7 Å². The lowest BCUT2D eigenvalue weighted by Crippen LogP contribution is -2.17. The first-order valence-corrected chi connectivity index (χ1v) is 10.2. The summed E-state index contributed by atoms with van der Waals surface area (Å²) in [6.45, 7) is 0.108. The molecule has 6 heteroatoms. The Morgan fingerprint density at radius 1 is 1.38 bits per heavy atom. The molecule has 1 aliphatic carbocycles. The topological polar surface area (TPSA) is 75.6 Å². The van der Waals surface area contributed by atoms with Crippen molar-refractivity contribution in [3.05, 3.63) is 65.7 Å². The van der Waals surface area contributed by atoms with Gasteiger partial charge in [0.2, 0.25) is 5.91 Å². The van der Waals surface area contributed by atoms with Crippen LogP contribution in [0.2, 0.25) is 5.02 Å². The van der Waals surface area contributed by atoms with Gasteiger partial charge in [0.15, 0.2) is 5.78 Å². The first-order chi connectivity index (χ1) is 14.0. The third-order valence-electron chi connectivity index (χ3n) is 4.70. The molecular formula is C23H28ClNO4. The minimum Gasteiger partial charge on any atom is -0.491 e. The molecule has 0 heterocycles. The summed E-state index contributed by atoms with van der Waals surface area (Å²) in [5.41, 5.74) is 0. The zero-order valence-corrected chi connectivity index (χ0v) is 17.3. The monoisotopic (exact) mass is 417 g/mol. The number of aliphatic hydroxyl groups is 1. The summed E-state index contributed by atoms with van der Waals surface area (Å²) in [6.07, 6.45) is 13.0. The van der Waals surface area contributed by atoms with Gasteiger partial charge in [-0.3, -0.25) is 9.59 Å². The van der Waals surface area contributed by atoms with E-state index in [4.69, 9.17) is 16.3 Å². The number of carbonyl (C=O) groups is 2. The van der Waals surface area contributed by atoms with Crippen molar-refractivity contribution >= 4 is 23.3 Å². The van der Waals surface area contributed by atoms with Gasteiger partial charge in [0.1, 0.15) is 18.5 Å². The van der Waals surface area contributed by atoms with E-state index in [1.165, 1.54) is 0 Å².